The molecule has 3 aromatic carbocycles. The fraction of sp³-hybridized carbons (Fsp3) is 0.222. The number of nitrogens with one attached hydrogen (secondary N) is 1. The summed E-state index contributed by atoms with van der Waals surface area (Å²) in [6, 6.07) is 25.7. The highest BCUT2D eigenvalue weighted by Crippen LogP contribution is 2.30. The zero-order valence-corrected chi connectivity index (χ0v) is 18.4. The number of carbonyl (C=O) groups is 2. The number of ether oxygens (including phenoxy) is 2. The lowest BCUT2D eigenvalue weighted by molar-refractivity contribution is -0.148. The van der Waals surface area contributed by atoms with Crippen LogP contribution in [0.1, 0.15) is 29.2 Å². The van der Waals surface area contributed by atoms with Crippen molar-refractivity contribution in [2.45, 2.75) is 25.5 Å². The van der Waals surface area contributed by atoms with Gasteiger partial charge in [-0.1, -0.05) is 72.8 Å². The van der Waals surface area contributed by atoms with Crippen molar-refractivity contribution in [3.8, 4) is 5.75 Å². The molecule has 0 bridgehead atoms. The van der Waals surface area contributed by atoms with E-state index in [2.05, 4.69) is 10.3 Å². The molecule has 0 fully saturated rings. The average molecular weight is 443 g/mol. The second-order valence-corrected chi connectivity index (χ2v) is 7.86. The van der Waals surface area contributed by atoms with E-state index in [0.29, 0.717) is 18.6 Å². The second-order valence-electron chi connectivity index (χ2n) is 7.86. The maximum absolute atomic E-state index is 13.3. The fourth-order valence-electron chi connectivity index (χ4n) is 3.98. The number of nitrogens with zero attached hydrogens (tertiary/aromatic N) is 1. The lowest BCUT2D eigenvalue weighted by atomic mass is 9.85. The van der Waals surface area contributed by atoms with E-state index in [-0.39, 0.29) is 6.61 Å². The molecule has 4 rings (SSSR count). The van der Waals surface area contributed by atoms with Crippen LogP contribution in [0.3, 0.4) is 0 Å². The first-order valence-corrected chi connectivity index (χ1v) is 10.9. The van der Waals surface area contributed by atoms with E-state index < -0.39 is 24.0 Å². The van der Waals surface area contributed by atoms with Crippen molar-refractivity contribution in [2.75, 3.05) is 7.11 Å². The van der Waals surface area contributed by atoms with Crippen molar-refractivity contribution in [1.29, 1.82) is 0 Å². The van der Waals surface area contributed by atoms with Crippen LogP contribution in [0.15, 0.2) is 89.9 Å². The quantitative estimate of drug-likeness (QED) is 0.504. The predicted octanol–water partition coefficient (Wildman–Crippen LogP) is 4.89. The number of hydrogen-bond donors (Lipinski definition) is 1. The van der Waals surface area contributed by atoms with Crippen molar-refractivity contribution in [3.63, 3.8) is 0 Å². The second kappa shape index (κ2) is 10.6. The molecule has 0 saturated carbocycles. The van der Waals surface area contributed by atoms with E-state index in [9.17, 15) is 9.59 Å². The van der Waals surface area contributed by atoms with Gasteiger partial charge in [-0.15, -0.1) is 0 Å². The van der Waals surface area contributed by atoms with Crippen LogP contribution in [-0.2, 0) is 22.6 Å². The van der Waals surface area contributed by atoms with Gasteiger partial charge in [-0.3, -0.25) is 4.79 Å². The van der Waals surface area contributed by atoms with E-state index in [1.165, 1.54) is 0 Å². The van der Waals surface area contributed by atoms with Crippen LogP contribution in [0, 0.1) is 5.92 Å². The lowest BCUT2D eigenvalue weighted by Gasteiger charge is -2.31. The first-order chi connectivity index (χ1) is 16.1. The molecule has 1 aliphatic rings. The van der Waals surface area contributed by atoms with Gasteiger partial charge in [0.15, 0.2) is 0 Å². The number of amides is 2. The smallest absolute Gasteiger partial charge is 0.341 e. The summed E-state index contributed by atoms with van der Waals surface area (Å²) in [5, 5.41) is 2.86. The fourth-order valence-corrected chi connectivity index (χ4v) is 3.98. The molecule has 0 aromatic heterocycles. The molecule has 0 aliphatic carbocycles. The third-order valence-corrected chi connectivity index (χ3v) is 5.66. The summed E-state index contributed by atoms with van der Waals surface area (Å²) in [6.07, 6.45) is 1.07. The predicted molar refractivity (Wildman–Crippen MR) is 126 cm³/mol. The minimum Gasteiger partial charge on any atom is -0.497 e. The number of aliphatic imine (C=N–C) groups is 1. The molecule has 1 heterocycles. The standard InChI is InChI=1S/C27H26N2O4/c1-32-22-14-8-11-19(17-22)15-16-23-24(26(30)33-18-20-9-4-2-5-10-20)25(29-27(31)28-23)21-12-6-3-7-13-21/h2-14,17,24-25H,15-16,18H2,1H3,(H,29,31). The van der Waals surface area contributed by atoms with Gasteiger partial charge in [-0.05, 0) is 41.7 Å². The molecule has 168 valence electrons. The topological polar surface area (TPSA) is 77.0 Å². The van der Waals surface area contributed by atoms with Crippen LogP contribution in [0.25, 0.3) is 0 Å². The zero-order valence-electron chi connectivity index (χ0n) is 18.4. The third-order valence-electron chi connectivity index (χ3n) is 5.66. The molecule has 3 aromatic rings. The molecule has 1 N–H and O–H groups in total. The number of rotatable bonds is 8. The summed E-state index contributed by atoms with van der Waals surface area (Å²) < 4.78 is 11.0. The first kappa shape index (κ1) is 22.3. The monoisotopic (exact) mass is 442 g/mol. The summed E-state index contributed by atoms with van der Waals surface area (Å²) in [7, 11) is 1.62. The van der Waals surface area contributed by atoms with Gasteiger partial charge in [0.05, 0.1) is 13.2 Å². The van der Waals surface area contributed by atoms with Crippen LogP contribution < -0.4 is 10.1 Å². The minimum atomic E-state index is -0.709. The van der Waals surface area contributed by atoms with E-state index >= 15 is 0 Å². The van der Waals surface area contributed by atoms with Gasteiger partial charge in [-0.2, -0.15) is 0 Å². The summed E-state index contributed by atoms with van der Waals surface area (Å²) >= 11 is 0. The van der Waals surface area contributed by atoms with Crippen LogP contribution in [0.4, 0.5) is 4.79 Å². The Balaban J connectivity index is 1.58. The summed E-state index contributed by atoms with van der Waals surface area (Å²) in [5.41, 5.74) is 3.29. The van der Waals surface area contributed by atoms with E-state index in [4.69, 9.17) is 9.47 Å². The van der Waals surface area contributed by atoms with Gasteiger partial charge >= 0.3 is 12.0 Å². The maximum atomic E-state index is 13.3. The van der Waals surface area contributed by atoms with Crippen molar-refractivity contribution in [3.05, 3.63) is 102 Å². The summed E-state index contributed by atoms with van der Waals surface area (Å²) in [6.45, 7) is 0.162. The Hall–Kier alpha value is -3.93. The summed E-state index contributed by atoms with van der Waals surface area (Å²) in [4.78, 5) is 30.0. The highest BCUT2D eigenvalue weighted by Gasteiger charge is 2.39. The Kier molecular flexibility index (Phi) is 7.15. The Bertz CT molecular complexity index is 1130. The number of hydrogen-bond acceptors (Lipinski definition) is 4. The molecule has 1 aliphatic heterocycles. The summed E-state index contributed by atoms with van der Waals surface area (Å²) in [5.74, 6) is -0.353. The average Bonchev–Trinajstić information content (AvgIpc) is 2.87. The normalized spacial score (nSPS) is 17.6. The Morgan fingerprint density at radius 3 is 2.33 bits per heavy atom. The van der Waals surface area contributed by atoms with E-state index in [1.807, 2.05) is 84.9 Å². The molecule has 2 atom stereocenters. The van der Waals surface area contributed by atoms with E-state index in [1.54, 1.807) is 7.11 Å². The van der Waals surface area contributed by atoms with E-state index in [0.717, 1.165) is 22.4 Å². The molecular formula is C27H26N2O4. The number of aryl methyl sites for hydroxylation is 1. The molecule has 0 radical (unpaired) electrons. The van der Waals surface area contributed by atoms with Crippen molar-refractivity contribution < 1.29 is 19.1 Å². The van der Waals surface area contributed by atoms with Gasteiger partial charge < -0.3 is 14.8 Å². The molecule has 0 spiro atoms. The van der Waals surface area contributed by atoms with Crippen LogP contribution in [0.5, 0.6) is 5.75 Å². The molecule has 0 saturated heterocycles. The molecule has 2 unspecified atom stereocenters. The number of benzene rings is 3. The molecule has 6 heteroatoms. The lowest BCUT2D eigenvalue weighted by Crippen LogP contribution is -2.45. The Morgan fingerprint density at radius 1 is 0.909 bits per heavy atom. The van der Waals surface area contributed by atoms with Gasteiger partial charge in [-0.25, -0.2) is 9.79 Å². The SMILES string of the molecule is COc1cccc(CCC2=NC(=O)NC(c3ccccc3)C2C(=O)OCc2ccccc2)c1. The maximum Gasteiger partial charge on any atom is 0.341 e. The van der Waals surface area contributed by atoms with Crippen LogP contribution in [0.2, 0.25) is 0 Å². The highest BCUT2D eigenvalue weighted by atomic mass is 16.5. The number of methoxy groups -OCH3 is 1. The Labute approximate surface area is 193 Å². The molecule has 33 heavy (non-hydrogen) atoms. The van der Waals surface area contributed by atoms with Crippen LogP contribution in [-0.4, -0.2) is 24.8 Å². The van der Waals surface area contributed by atoms with Gasteiger partial charge in [0.1, 0.15) is 18.3 Å². The molecular weight excluding hydrogens is 416 g/mol. The van der Waals surface area contributed by atoms with Crippen molar-refractivity contribution in [2.24, 2.45) is 10.9 Å². The number of carbonyl (C=O) groups excluding carboxylic acids is 2. The largest absolute Gasteiger partial charge is 0.497 e. The zero-order chi connectivity index (χ0) is 23.0. The first-order valence-electron chi connectivity index (χ1n) is 10.9. The van der Waals surface area contributed by atoms with Crippen molar-refractivity contribution >= 4 is 17.7 Å². The molecule has 2 amide bonds. The number of esters is 1. The Morgan fingerprint density at radius 2 is 1.61 bits per heavy atom. The third kappa shape index (κ3) is 5.66. The highest BCUT2D eigenvalue weighted by molar-refractivity contribution is 6.09. The molecule has 6 nitrogen and oxygen atoms in total. The minimum absolute atomic E-state index is 0.162. The van der Waals surface area contributed by atoms with Gasteiger partial charge in [0.25, 0.3) is 0 Å². The number of urea groups is 1. The van der Waals surface area contributed by atoms with Gasteiger partial charge in [0.2, 0.25) is 0 Å². The van der Waals surface area contributed by atoms with Crippen LogP contribution >= 0.6 is 0 Å². The van der Waals surface area contributed by atoms with Crippen molar-refractivity contribution in [1.82, 2.24) is 5.32 Å². The van der Waals surface area contributed by atoms with Gasteiger partial charge in [0, 0.05) is 5.71 Å².